The molecule has 0 aromatic heterocycles. The first kappa shape index (κ1) is 25.0. The van der Waals surface area contributed by atoms with E-state index in [1.54, 1.807) is 11.8 Å². The molecule has 2 aliphatic heterocycles. The summed E-state index contributed by atoms with van der Waals surface area (Å²) < 4.78 is 0. The molecule has 2 N–H and O–H groups in total. The third-order valence-electron chi connectivity index (χ3n) is 6.61. The summed E-state index contributed by atoms with van der Waals surface area (Å²) in [5.41, 5.74) is 5.02. The van der Waals surface area contributed by atoms with Crippen LogP contribution in [0, 0.1) is 0 Å². The fourth-order valence-corrected chi connectivity index (χ4v) is 4.88. The fraction of sp³-hybridized carbons (Fsp3) is 0.440. The number of halogens is 1. The lowest BCUT2D eigenvalue weighted by Crippen LogP contribution is -2.45. The minimum Gasteiger partial charge on any atom is -0.465 e. The zero-order chi connectivity index (χ0) is 22.8. The SMILES string of the molecule is CC(=O)N1c2ccc(-c3ccc(CN4CCN(C)CC4)cc3)cc2C(NC(=O)O)CC1C.Cl. The van der Waals surface area contributed by atoms with Gasteiger partial charge in [-0.2, -0.15) is 0 Å². The van der Waals surface area contributed by atoms with Gasteiger partial charge in [0.15, 0.2) is 0 Å². The van der Waals surface area contributed by atoms with Crippen LogP contribution in [0.3, 0.4) is 0 Å². The minimum atomic E-state index is -1.05. The summed E-state index contributed by atoms with van der Waals surface area (Å²) in [6.07, 6.45) is -0.505. The van der Waals surface area contributed by atoms with Crippen LogP contribution in [0.2, 0.25) is 0 Å². The average Bonchev–Trinajstić information content (AvgIpc) is 2.75. The molecule has 0 bridgehead atoms. The highest BCUT2D eigenvalue weighted by molar-refractivity contribution is 5.94. The maximum absolute atomic E-state index is 12.3. The molecule has 1 fully saturated rings. The molecule has 0 radical (unpaired) electrons. The van der Waals surface area contributed by atoms with E-state index in [2.05, 4.69) is 46.4 Å². The number of likely N-dealkylation sites (N-methyl/N-ethyl adjacent to an activating group) is 1. The maximum atomic E-state index is 12.3. The van der Waals surface area contributed by atoms with Gasteiger partial charge in [0.2, 0.25) is 5.91 Å². The normalized spacial score (nSPS) is 21.1. The highest BCUT2D eigenvalue weighted by Gasteiger charge is 2.33. The van der Waals surface area contributed by atoms with Crippen molar-refractivity contribution in [3.05, 3.63) is 53.6 Å². The number of hydrogen-bond donors (Lipinski definition) is 2. The summed E-state index contributed by atoms with van der Waals surface area (Å²) in [4.78, 5) is 30.2. The van der Waals surface area contributed by atoms with Crippen LogP contribution in [-0.2, 0) is 11.3 Å². The molecule has 2 amide bonds. The molecule has 2 atom stereocenters. The van der Waals surface area contributed by atoms with E-state index in [1.807, 2.05) is 25.1 Å². The van der Waals surface area contributed by atoms with E-state index >= 15 is 0 Å². The lowest BCUT2D eigenvalue weighted by molar-refractivity contribution is -0.117. The first-order chi connectivity index (χ1) is 15.3. The molecule has 2 aromatic carbocycles. The number of carbonyl (C=O) groups excluding carboxylic acids is 1. The van der Waals surface area contributed by atoms with Gasteiger partial charge in [0.25, 0.3) is 0 Å². The molecule has 178 valence electrons. The number of nitrogens with one attached hydrogen (secondary N) is 1. The summed E-state index contributed by atoms with van der Waals surface area (Å²) in [7, 11) is 2.16. The van der Waals surface area contributed by atoms with Crippen molar-refractivity contribution in [3.63, 3.8) is 0 Å². The van der Waals surface area contributed by atoms with Gasteiger partial charge in [0.1, 0.15) is 0 Å². The maximum Gasteiger partial charge on any atom is 0.405 e. The molecule has 2 aromatic rings. The van der Waals surface area contributed by atoms with Crippen LogP contribution < -0.4 is 10.2 Å². The third kappa shape index (κ3) is 5.66. The molecule has 7 nitrogen and oxygen atoms in total. The number of carbonyl (C=O) groups is 2. The van der Waals surface area contributed by atoms with E-state index in [0.717, 1.165) is 55.1 Å². The van der Waals surface area contributed by atoms with Crippen LogP contribution >= 0.6 is 12.4 Å². The Morgan fingerprint density at radius 1 is 1.03 bits per heavy atom. The van der Waals surface area contributed by atoms with Gasteiger partial charge in [-0.3, -0.25) is 9.69 Å². The zero-order valence-corrected chi connectivity index (χ0v) is 20.3. The van der Waals surface area contributed by atoms with Gasteiger partial charge in [-0.1, -0.05) is 30.3 Å². The van der Waals surface area contributed by atoms with E-state index in [0.29, 0.717) is 6.42 Å². The standard InChI is InChI=1S/C25H32N4O3.ClH/c1-17-14-23(26-25(31)32)22-15-21(8-9-24(22)29(17)18(2)30)20-6-4-19(5-7-20)16-28-12-10-27(3)11-13-28;/h4-9,15,17,23,26H,10-14,16H2,1-3H3,(H,31,32);1H. The molecule has 1 saturated heterocycles. The van der Waals surface area contributed by atoms with Crippen LogP contribution in [0.1, 0.15) is 37.4 Å². The number of carboxylic acid groups (broad SMARTS) is 1. The van der Waals surface area contributed by atoms with Crippen molar-refractivity contribution in [3.8, 4) is 11.1 Å². The number of hydrogen-bond acceptors (Lipinski definition) is 4. The topological polar surface area (TPSA) is 76.1 Å². The molecule has 4 rings (SSSR count). The van der Waals surface area contributed by atoms with Crippen molar-refractivity contribution in [2.24, 2.45) is 0 Å². The first-order valence-electron chi connectivity index (χ1n) is 11.2. The number of nitrogens with zero attached hydrogens (tertiary/aromatic N) is 3. The lowest BCUT2D eigenvalue weighted by atomic mass is 9.89. The monoisotopic (exact) mass is 472 g/mol. The molecule has 2 unspecified atom stereocenters. The summed E-state index contributed by atoms with van der Waals surface area (Å²) in [5.74, 6) is -0.0338. The van der Waals surface area contributed by atoms with Gasteiger partial charge in [-0.05, 0) is 54.8 Å². The smallest absolute Gasteiger partial charge is 0.405 e. The number of benzene rings is 2. The summed E-state index contributed by atoms with van der Waals surface area (Å²) >= 11 is 0. The van der Waals surface area contributed by atoms with E-state index in [4.69, 9.17) is 0 Å². The predicted octanol–water partition coefficient (Wildman–Crippen LogP) is 3.98. The quantitative estimate of drug-likeness (QED) is 0.704. The number of anilines is 1. The predicted molar refractivity (Wildman–Crippen MR) is 133 cm³/mol. The van der Waals surface area contributed by atoms with Gasteiger partial charge >= 0.3 is 6.09 Å². The Labute approximate surface area is 201 Å². The van der Waals surface area contributed by atoms with Gasteiger partial charge < -0.3 is 20.2 Å². The Balaban J connectivity index is 0.00000306. The molecule has 0 aliphatic carbocycles. The Bertz CT molecular complexity index is 990. The van der Waals surface area contributed by atoms with Crippen LogP contribution in [0.4, 0.5) is 10.5 Å². The van der Waals surface area contributed by atoms with Crippen LogP contribution in [0.5, 0.6) is 0 Å². The molecular weight excluding hydrogens is 440 g/mol. The third-order valence-corrected chi connectivity index (χ3v) is 6.61. The Hall–Kier alpha value is -2.61. The van der Waals surface area contributed by atoms with Crippen molar-refractivity contribution >= 4 is 30.1 Å². The lowest BCUT2D eigenvalue weighted by Gasteiger charge is -2.39. The summed E-state index contributed by atoms with van der Waals surface area (Å²) in [6.45, 7) is 8.85. The van der Waals surface area contributed by atoms with E-state index < -0.39 is 6.09 Å². The van der Waals surface area contributed by atoms with Gasteiger partial charge in [0.05, 0.1) is 6.04 Å². The summed E-state index contributed by atoms with van der Waals surface area (Å²) in [5, 5.41) is 12.0. The number of rotatable bonds is 4. The van der Waals surface area contributed by atoms with Crippen LogP contribution in [0.25, 0.3) is 11.1 Å². The first-order valence-corrected chi connectivity index (χ1v) is 11.2. The number of fused-ring (bicyclic) bond motifs is 1. The van der Waals surface area contributed by atoms with Crippen LogP contribution in [-0.4, -0.2) is 66.2 Å². The highest BCUT2D eigenvalue weighted by Crippen LogP contribution is 2.39. The van der Waals surface area contributed by atoms with Crippen molar-refractivity contribution in [2.45, 2.75) is 38.9 Å². The van der Waals surface area contributed by atoms with E-state index in [-0.39, 0.29) is 30.4 Å². The Kier molecular flexibility index (Phi) is 8.00. The Morgan fingerprint density at radius 3 is 2.27 bits per heavy atom. The van der Waals surface area contributed by atoms with Crippen molar-refractivity contribution in [1.29, 1.82) is 0 Å². The highest BCUT2D eigenvalue weighted by atomic mass is 35.5. The largest absolute Gasteiger partial charge is 0.465 e. The van der Waals surface area contributed by atoms with Crippen molar-refractivity contribution in [1.82, 2.24) is 15.1 Å². The van der Waals surface area contributed by atoms with Gasteiger partial charge in [0, 0.05) is 51.4 Å². The van der Waals surface area contributed by atoms with Crippen molar-refractivity contribution < 1.29 is 14.7 Å². The number of amides is 2. The minimum absolute atomic E-state index is 0. The summed E-state index contributed by atoms with van der Waals surface area (Å²) in [6, 6.07) is 14.2. The second kappa shape index (κ2) is 10.5. The zero-order valence-electron chi connectivity index (χ0n) is 19.5. The number of piperazine rings is 1. The molecule has 2 aliphatic rings. The van der Waals surface area contributed by atoms with E-state index in [9.17, 15) is 14.7 Å². The van der Waals surface area contributed by atoms with Gasteiger partial charge in [-0.25, -0.2) is 4.79 Å². The van der Waals surface area contributed by atoms with Crippen molar-refractivity contribution in [2.75, 3.05) is 38.1 Å². The second-order valence-electron chi connectivity index (χ2n) is 9.03. The second-order valence-corrected chi connectivity index (χ2v) is 9.03. The fourth-order valence-electron chi connectivity index (χ4n) is 4.88. The van der Waals surface area contributed by atoms with Crippen LogP contribution in [0.15, 0.2) is 42.5 Å². The molecule has 8 heteroatoms. The molecule has 0 spiro atoms. The molecule has 0 saturated carbocycles. The molecule has 33 heavy (non-hydrogen) atoms. The Morgan fingerprint density at radius 2 is 1.67 bits per heavy atom. The molecule has 2 heterocycles. The van der Waals surface area contributed by atoms with E-state index in [1.165, 1.54) is 5.56 Å². The molecular formula is C25H33ClN4O3. The average molecular weight is 473 g/mol. The van der Waals surface area contributed by atoms with Gasteiger partial charge in [-0.15, -0.1) is 12.4 Å².